The number of benzene rings is 1. The Bertz CT molecular complexity index is 1200. The van der Waals surface area contributed by atoms with Crippen molar-refractivity contribution in [3.05, 3.63) is 49.6 Å². The molecule has 3 amide bonds. The van der Waals surface area contributed by atoms with E-state index < -0.39 is 53.6 Å². The number of aliphatic hydroxyl groups is 1. The Hall–Kier alpha value is -3.70. The molecule has 7 atom stereocenters. The van der Waals surface area contributed by atoms with E-state index in [-0.39, 0.29) is 37.9 Å². The van der Waals surface area contributed by atoms with Gasteiger partial charge in [0.2, 0.25) is 11.8 Å². The van der Waals surface area contributed by atoms with Crippen molar-refractivity contribution in [2.75, 3.05) is 31.7 Å². The molecule has 0 unspecified atom stereocenters. The molecule has 1 aromatic carbocycles. The number of allylic oxidation sites excluding steroid dienone is 1. The standard InChI is InChI=1S/C31H41N3O8/c1-6-8-9-24(36)32-17-20(4)41-30(39)25-23-14-15-31(42-23)26(25)28(37)34(19(3)18-35)27(31)29(38)33(16-7-2)21-10-12-22(40-5)13-11-21/h6-7,10-13,19-20,23,25-27,35H,1-2,8-9,14-18H2,3-5H3,(H,32,36)/t19-,20-,23+,25-,26-,27+,31-/m1/s1. The summed E-state index contributed by atoms with van der Waals surface area (Å²) in [4.78, 5) is 56.9. The van der Waals surface area contributed by atoms with Crippen LogP contribution >= 0.6 is 0 Å². The molecule has 228 valence electrons. The van der Waals surface area contributed by atoms with E-state index in [2.05, 4.69) is 18.5 Å². The zero-order chi connectivity index (χ0) is 30.6. The van der Waals surface area contributed by atoms with Crippen LogP contribution in [0.5, 0.6) is 5.75 Å². The number of fused-ring (bicyclic) bond motifs is 1. The number of aliphatic hydroxyl groups excluding tert-OH is 1. The van der Waals surface area contributed by atoms with E-state index >= 15 is 0 Å². The molecular weight excluding hydrogens is 542 g/mol. The van der Waals surface area contributed by atoms with E-state index in [1.54, 1.807) is 57.4 Å². The normalized spacial score (nSPS) is 27.1. The zero-order valence-corrected chi connectivity index (χ0v) is 24.5. The fourth-order valence-electron chi connectivity index (χ4n) is 6.46. The number of likely N-dealkylation sites (tertiary alicyclic amines) is 1. The van der Waals surface area contributed by atoms with Crippen LogP contribution < -0.4 is 15.0 Å². The van der Waals surface area contributed by atoms with Gasteiger partial charge in [0.25, 0.3) is 5.91 Å². The van der Waals surface area contributed by atoms with Crippen LogP contribution in [0.15, 0.2) is 49.6 Å². The minimum Gasteiger partial charge on any atom is -0.497 e. The first-order valence-corrected chi connectivity index (χ1v) is 14.4. The SMILES string of the molecule is C=CCCC(=O)NC[C@@H](C)OC(=O)[C@@H]1[C@@H]2CC[C@]3(O2)[C@H](C(=O)N(CC=C)c2ccc(OC)cc2)N([C@H](C)CO)C(=O)[C@@H]13. The maximum absolute atomic E-state index is 14.4. The number of esters is 1. The Morgan fingerprint density at radius 3 is 2.57 bits per heavy atom. The molecule has 1 aromatic rings. The molecule has 0 aliphatic carbocycles. The van der Waals surface area contributed by atoms with Crippen molar-refractivity contribution in [2.24, 2.45) is 11.8 Å². The average Bonchev–Trinajstić information content (AvgIpc) is 3.64. The lowest BCUT2D eigenvalue weighted by molar-refractivity contribution is -0.159. The number of hydrogen-bond donors (Lipinski definition) is 2. The van der Waals surface area contributed by atoms with Crippen LogP contribution in [0.1, 0.15) is 39.5 Å². The lowest BCUT2D eigenvalue weighted by Gasteiger charge is -2.38. The third kappa shape index (κ3) is 5.67. The fraction of sp³-hybridized carbons (Fsp3) is 0.548. The molecule has 4 rings (SSSR count). The number of ether oxygens (including phenoxy) is 3. The van der Waals surface area contributed by atoms with Crippen molar-refractivity contribution >= 4 is 29.4 Å². The Morgan fingerprint density at radius 2 is 1.95 bits per heavy atom. The maximum atomic E-state index is 14.4. The molecule has 1 spiro atoms. The molecule has 0 aromatic heterocycles. The van der Waals surface area contributed by atoms with Crippen LogP contribution in [-0.4, -0.2) is 90.4 Å². The largest absolute Gasteiger partial charge is 0.497 e. The predicted octanol–water partition coefficient (Wildman–Crippen LogP) is 1.98. The number of carbonyl (C=O) groups is 4. The molecule has 2 bridgehead atoms. The van der Waals surface area contributed by atoms with Crippen LogP contribution in [0.3, 0.4) is 0 Å². The number of carbonyl (C=O) groups excluding carboxylic acids is 4. The molecule has 42 heavy (non-hydrogen) atoms. The zero-order valence-electron chi connectivity index (χ0n) is 24.5. The van der Waals surface area contributed by atoms with Crippen molar-refractivity contribution in [1.29, 1.82) is 0 Å². The molecule has 0 saturated carbocycles. The van der Waals surface area contributed by atoms with Crippen molar-refractivity contribution in [1.82, 2.24) is 10.2 Å². The van der Waals surface area contributed by atoms with Gasteiger partial charge in [-0.1, -0.05) is 12.2 Å². The van der Waals surface area contributed by atoms with Crippen molar-refractivity contribution in [3.8, 4) is 5.75 Å². The monoisotopic (exact) mass is 583 g/mol. The summed E-state index contributed by atoms with van der Waals surface area (Å²) in [6.07, 6.45) is 3.73. The third-order valence-electron chi connectivity index (χ3n) is 8.42. The van der Waals surface area contributed by atoms with Crippen molar-refractivity contribution in [2.45, 2.75) is 69.4 Å². The number of anilines is 1. The summed E-state index contributed by atoms with van der Waals surface area (Å²) in [5.41, 5.74) is -0.669. The highest BCUT2D eigenvalue weighted by Gasteiger charge is 2.75. The van der Waals surface area contributed by atoms with E-state index in [9.17, 15) is 24.3 Å². The first-order valence-electron chi connectivity index (χ1n) is 14.4. The number of rotatable bonds is 14. The van der Waals surface area contributed by atoms with Crippen molar-refractivity contribution in [3.63, 3.8) is 0 Å². The van der Waals surface area contributed by atoms with Gasteiger partial charge in [-0.2, -0.15) is 0 Å². The first-order chi connectivity index (χ1) is 20.1. The Balaban J connectivity index is 1.61. The predicted molar refractivity (Wildman–Crippen MR) is 155 cm³/mol. The topological polar surface area (TPSA) is 135 Å². The second kappa shape index (κ2) is 13.1. The molecular formula is C31H41N3O8. The molecule has 3 heterocycles. The highest BCUT2D eigenvalue weighted by molar-refractivity contribution is 6.04. The number of amides is 3. The van der Waals surface area contributed by atoms with Gasteiger partial charge in [0.1, 0.15) is 23.5 Å². The molecule has 0 radical (unpaired) electrons. The molecule has 11 heteroatoms. The molecule has 3 saturated heterocycles. The molecule has 2 N–H and O–H groups in total. The van der Waals surface area contributed by atoms with Crippen LogP contribution in [-0.2, 0) is 28.7 Å². The van der Waals surface area contributed by atoms with Crippen LogP contribution in [0.2, 0.25) is 0 Å². The Morgan fingerprint density at radius 1 is 1.24 bits per heavy atom. The van der Waals surface area contributed by atoms with Gasteiger partial charge in [-0.05, 0) is 57.4 Å². The van der Waals surface area contributed by atoms with Gasteiger partial charge in [0, 0.05) is 18.7 Å². The number of hydrogen-bond acceptors (Lipinski definition) is 8. The van der Waals surface area contributed by atoms with E-state index in [0.29, 0.717) is 30.7 Å². The van der Waals surface area contributed by atoms with Gasteiger partial charge in [0.05, 0.1) is 44.2 Å². The summed E-state index contributed by atoms with van der Waals surface area (Å²) in [6, 6.07) is 5.20. The molecule has 3 aliphatic heterocycles. The van der Waals surface area contributed by atoms with Gasteiger partial charge in [-0.3, -0.25) is 19.2 Å². The Kier molecular flexibility index (Phi) is 9.73. The summed E-state index contributed by atoms with van der Waals surface area (Å²) in [7, 11) is 1.55. The second-order valence-corrected chi connectivity index (χ2v) is 11.1. The molecule has 11 nitrogen and oxygen atoms in total. The van der Waals surface area contributed by atoms with Crippen LogP contribution in [0, 0.1) is 11.8 Å². The summed E-state index contributed by atoms with van der Waals surface area (Å²) in [5, 5.41) is 12.8. The highest BCUT2D eigenvalue weighted by atomic mass is 16.6. The first kappa shape index (κ1) is 31.2. The smallest absolute Gasteiger partial charge is 0.312 e. The van der Waals surface area contributed by atoms with E-state index in [4.69, 9.17) is 14.2 Å². The molecule has 3 aliphatic rings. The summed E-state index contributed by atoms with van der Waals surface area (Å²) >= 11 is 0. The number of methoxy groups -OCH3 is 1. The number of nitrogens with zero attached hydrogens (tertiary/aromatic N) is 2. The number of nitrogens with one attached hydrogen (secondary N) is 1. The Labute approximate surface area is 246 Å². The van der Waals surface area contributed by atoms with E-state index in [0.717, 1.165) is 0 Å². The van der Waals surface area contributed by atoms with Crippen LogP contribution in [0.25, 0.3) is 0 Å². The lowest BCUT2D eigenvalue weighted by Crippen LogP contribution is -2.58. The summed E-state index contributed by atoms with van der Waals surface area (Å²) < 4.78 is 17.4. The van der Waals surface area contributed by atoms with Gasteiger partial charge >= 0.3 is 5.97 Å². The van der Waals surface area contributed by atoms with Gasteiger partial charge in [-0.15, -0.1) is 13.2 Å². The lowest BCUT2D eigenvalue weighted by atomic mass is 9.70. The summed E-state index contributed by atoms with van der Waals surface area (Å²) in [5.74, 6) is -2.82. The van der Waals surface area contributed by atoms with E-state index in [1.807, 2.05) is 0 Å². The summed E-state index contributed by atoms with van der Waals surface area (Å²) in [6.45, 7) is 10.7. The highest BCUT2D eigenvalue weighted by Crippen LogP contribution is 2.59. The van der Waals surface area contributed by atoms with Gasteiger partial charge in [-0.25, -0.2) is 0 Å². The second-order valence-electron chi connectivity index (χ2n) is 11.1. The minimum atomic E-state index is -1.25. The van der Waals surface area contributed by atoms with Crippen molar-refractivity contribution < 1.29 is 38.5 Å². The molecule has 3 fully saturated rings. The minimum absolute atomic E-state index is 0.122. The fourth-order valence-corrected chi connectivity index (χ4v) is 6.46. The van der Waals surface area contributed by atoms with Gasteiger partial charge in [0.15, 0.2) is 0 Å². The van der Waals surface area contributed by atoms with Crippen LogP contribution in [0.4, 0.5) is 5.69 Å². The van der Waals surface area contributed by atoms with E-state index in [1.165, 1.54) is 9.80 Å². The van der Waals surface area contributed by atoms with Gasteiger partial charge < -0.3 is 34.4 Å². The maximum Gasteiger partial charge on any atom is 0.312 e. The third-order valence-corrected chi connectivity index (χ3v) is 8.42. The average molecular weight is 584 g/mol. The quantitative estimate of drug-likeness (QED) is 0.251.